The van der Waals surface area contributed by atoms with E-state index < -0.39 is 0 Å². The topological polar surface area (TPSA) is 72.0 Å². The maximum atomic E-state index is 9.84. The van der Waals surface area contributed by atoms with Crippen molar-refractivity contribution in [2.45, 2.75) is 6.92 Å². The van der Waals surface area contributed by atoms with Gasteiger partial charge in [-0.1, -0.05) is 16.8 Å². The summed E-state index contributed by atoms with van der Waals surface area (Å²) < 4.78 is 5.16. The Morgan fingerprint density at radius 3 is 2.80 bits per heavy atom. The van der Waals surface area contributed by atoms with Gasteiger partial charge in [-0.25, -0.2) is 0 Å². The Balaban J connectivity index is 2.02. The van der Waals surface area contributed by atoms with Crippen LogP contribution in [0.3, 0.4) is 0 Å². The van der Waals surface area contributed by atoms with Crippen LogP contribution in [-0.2, 0) is 0 Å². The minimum atomic E-state index is -0.00935. The zero-order valence-electron chi connectivity index (χ0n) is 10.5. The van der Waals surface area contributed by atoms with Gasteiger partial charge in [0.05, 0.1) is 5.56 Å². The van der Waals surface area contributed by atoms with Crippen molar-refractivity contribution < 1.29 is 9.63 Å². The van der Waals surface area contributed by atoms with E-state index in [0.717, 1.165) is 5.56 Å². The van der Waals surface area contributed by atoms with Gasteiger partial charge in [-0.05, 0) is 42.8 Å². The Kier molecular flexibility index (Phi) is 3.12. The van der Waals surface area contributed by atoms with Crippen molar-refractivity contribution in [1.82, 2.24) is 15.1 Å². The molecule has 6 heteroatoms. The number of phenolic OH excluding ortho intramolecular Hbond substituents is 1. The van der Waals surface area contributed by atoms with Crippen LogP contribution in [0.2, 0.25) is 5.02 Å². The Labute approximate surface area is 119 Å². The molecule has 0 saturated heterocycles. The zero-order chi connectivity index (χ0) is 14.1. The summed E-state index contributed by atoms with van der Waals surface area (Å²) in [5.74, 6) is 0.584. The highest BCUT2D eigenvalue weighted by atomic mass is 35.5. The molecule has 0 fully saturated rings. The molecule has 0 aliphatic rings. The summed E-state index contributed by atoms with van der Waals surface area (Å²) in [6.07, 6.45) is 1.68. The Morgan fingerprint density at radius 2 is 2.05 bits per heavy atom. The summed E-state index contributed by atoms with van der Waals surface area (Å²) in [5, 5.41) is 14.2. The predicted molar refractivity (Wildman–Crippen MR) is 74.4 cm³/mol. The van der Waals surface area contributed by atoms with Crippen molar-refractivity contribution in [3.63, 3.8) is 0 Å². The Morgan fingerprint density at radius 1 is 1.20 bits per heavy atom. The fourth-order valence-electron chi connectivity index (χ4n) is 1.78. The van der Waals surface area contributed by atoms with Crippen LogP contribution < -0.4 is 0 Å². The van der Waals surface area contributed by atoms with Crippen molar-refractivity contribution >= 4 is 11.6 Å². The summed E-state index contributed by atoms with van der Waals surface area (Å²) in [5.41, 5.74) is 2.10. The number of aromatic nitrogens is 3. The molecule has 0 atom stereocenters. The highest BCUT2D eigenvalue weighted by Gasteiger charge is 2.14. The Bertz CT molecular complexity index is 771. The second-order valence-corrected chi connectivity index (χ2v) is 4.74. The molecule has 2 aromatic heterocycles. The van der Waals surface area contributed by atoms with Gasteiger partial charge in [-0.2, -0.15) is 4.98 Å². The molecule has 0 saturated carbocycles. The van der Waals surface area contributed by atoms with E-state index >= 15 is 0 Å². The third kappa shape index (κ3) is 2.35. The normalized spacial score (nSPS) is 10.7. The molecule has 5 nitrogen and oxygen atoms in total. The molecule has 3 rings (SSSR count). The van der Waals surface area contributed by atoms with Crippen molar-refractivity contribution in [1.29, 1.82) is 0 Å². The summed E-state index contributed by atoms with van der Waals surface area (Å²) in [4.78, 5) is 8.42. The number of benzene rings is 1. The van der Waals surface area contributed by atoms with Gasteiger partial charge >= 0.3 is 0 Å². The fourth-order valence-corrected chi connectivity index (χ4v) is 1.95. The monoisotopic (exact) mass is 287 g/mol. The van der Waals surface area contributed by atoms with Gasteiger partial charge in [0.25, 0.3) is 5.89 Å². The summed E-state index contributed by atoms with van der Waals surface area (Å²) >= 11 is 5.79. The van der Waals surface area contributed by atoms with Crippen LogP contribution in [0.5, 0.6) is 5.75 Å². The van der Waals surface area contributed by atoms with Crippen molar-refractivity contribution in [2.75, 3.05) is 0 Å². The van der Waals surface area contributed by atoms with E-state index in [9.17, 15) is 5.11 Å². The van der Waals surface area contributed by atoms with Crippen LogP contribution in [-0.4, -0.2) is 20.2 Å². The summed E-state index contributed by atoms with van der Waals surface area (Å²) in [7, 11) is 0. The van der Waals surface area contributed by atoms with Crippen molar-refractivity contribution in [3.8, 4) is 28.7 Å². The zero-order valence-corrected chi connectivity index (χ0v) is 11.3. The number of halogens is 1. The molecule has 20 heavy (non-hydrogen) atoms. The molecule has 0 unspecified atom stereocenters. The first kappa shape index (κ1) is 12.6. The van der Waals surface area contributed by atoms with Crippen LogP contribution in [0.25, 0.3) is 23.0 Å². The van der Waals surface area contributed by atoms with E-state index in [1.807, 2.05) is 19.1 Å². The molecule has 1 N–H and O–H groups in total. The summed E-state index contributed by atoms with van der Waals surface area (Å²) in [6, 6.07) is 8.43. The van der Waals surface area contributed by atoms with Gasteiger partial charge in [0.15, 0.2) is 0 Å². The highest BCUT2D eigenvalue weighted by molar-refractivity contribution is 6.30. The molecule has 0 aliphatic heterocycles. The van der Waals surface area contributed by atoms with Gasteiger partial charge in [0.2, 0.25) is 5.82 Å². The molecule has 0 amide bonds. The maximum absolute atomic E-state index is 9.84. The molecule has 0 bridgehead atoms. The average molecular weight is 288 g/mol. The maximum Gasteiger partial charge on any atom is 0.262 e. The first-order valence-electron chi connectivity index (χ1n) is 5.89. The Hall–Kier alpha value is -2.40. The molecular formula is C14H10ClN3O2. The van der Waals surface area contributed by atoms with Crippen molar-refractivity contribution in [2.24, 2.45) is 0 Å². The number of hydrogen-bond acceptors (Lipinski definition) is 5. The number of pyridine rings is 1. The lowest BCUT2D eigenvalue weighted by Gasteiger charge is -1.98. The van der Waals surface area contributed by atoms with Gasteiger partial charge < -0.3 is 9.63 Å². The number of nitrogens with zero attached hydrogens (tertiary/aromatic N) is 3. The first-order valence-corrected chi connectivity index (χ1v) is 6.27. The van der Waals surface area contributed by atoms with Crippen LogP contribution in [0, 0.1) is 6.92 Å². The number of hydrogen-bond donors (Lipinski definition) is 1. The standard InChI is InChI=1S/C14H10ClN3O2/c1-8-4-5-16-11(6-8)13-17-14(20-18-13)10-3-2-9(15)7-12(10)19/h2-7,19H,1H3. The molecule has 1 aromatic carbocycles. The number of rotatable bonds is 2. The lowest BCUT2D eigenvalue weighted by Crippen LogP contribution is -1.86. The fraction of sp³-hybridized carbons (Fsp3) is 0.0714. The molecular weight excluding hydrogens is 278 g/mol. The number of aryl methyl sites for hydroxylation is 1. The number of aromatic hydroxyl groups is 1. The van der Waals surface area contributed by atoms with E-state index in [2.05, 4.69) is 15.1 Å². The third-order valence-electron chi connectivity index (χ3n) is 2.76. The molecule has 100 valence electrons. The largest absolute Gasteiger partial charge is 0.507 e. The van der Waals surface area contributed by atoms with Crippen LogP contribution in [0.4, 0.5) is 0 Å². The summed E-state index contributed by atoms with van der Waals surface area (Å²) in [6.45, 7) is 1.96. The van der Waals surface area contributed by atoms with E-state index in [1.165, 1.54) is 6.07 Å². The second kappa shape index (κ2) is 4.94. The van der Waals surface area contributed by atoms with Crippen LogP contribution >= 0.6 is 11.6 Å². The van der Waals surface area contributed by atoms with E-state index in [1.54, 1.807) is 18.3 Å². The highest BCUT2D eigenvalue weighted by Crippen LogP contribution is 2.31. The van der Waals surface area contributed by atoms with Crippen molar-refractivity contribution in [3.05, 3.63) is 47.1 Å². The van der Waals surface area contributed by atoms with Gasteiger partial charge in [0, 0.05) is 11.2 Å². The van der Waals surface area contributed by atoms with Gasteiger partial charge in [-0.15, -0.1) is 0 Å². The van der Waals surface area contributed by atoms with E-state index in [4.69, 9.17) is 16.1 Å². The third-order valence-corrected chi connectivity index (χ3v) is 3.00. The molecule has 2 heterocycles. The lowest BCUT2D eigenvalue weighted by molar-refractivity contribution is 0.425. The predicted octanol–water partition coefficient (Wildman–Crippen LogP) is 3.47. The molecule has 3 aromatic rings. The minimum Gasteiger partial charge on any atom is -0.507 e. The van der Waals surface area contributed by atoms with Crippen LogP contribution in [0.15, 0.2) is 41.1 Å². The smallest absolute Gasteiger partial charge is 0.262 e. The molecule has 0 spiro atoms. The number of phenols is 1. The van der Waals surface area contributed by atoms with Gasteiger partial charge in [-0.3, -0.25) is 4.98 Å². The van der Waals surface area contributed by atoms with Crippen LogP contribution in [0.1, 0.15) is 5.56 Å². The second-order valence-electron chi connectivity index (χ2n) is 4.30. The first-order chi connectivity index (χ1) is 9.63. The van der Waals surface area contributed by atoms with E-state index in [-0.39, 0.29) is 11.6 Å². The lowest BCUT2D eigenvalue weighted by atomic mass is 10.2. The SMILES string of the molecule is Cc1ccnc(-c2noc(-c3ccc(Cl)cc3O)n2)c1. The quantitative estimate of drug-likeness (QED) is 0.781. The molecule has 0 aliphatic carbocycles. The average Bonchev–Trinajstić information content (AvgIpc) is 2.88. The van der Waals surface area contributed by atoms with Gasteiger partial charge in [0.1, 0.15) is 11.4 Å². The van der Waals surface area contributed by atoms with E-state index in [0.29, 0.717) is 22.1 Å². The molecule has 0 radical (unpaired) electrons. The minimum absolute atomic E-state index is 0.00935.